The maximum absolute atomic E-state index is 5.84. The van der Waals surface area contributed by atoms with E-state index < -0.39 is 0 Å². The largest absolute Gasteiger partial charge is 0.494 e. The van der Waals surface area contributed by atoms with E-state index in [0.717, 1.165) is 43.2 Å². The van der Waals surface area contributed by atoms with Crippen LogP contribution in [0.5, 0.6) is 11.5 Å². The van der Waals surface area contributed by atoms with Crippen molar-refractivity contribution < 1.29 is 9.47 Å². The molecule has 0 bridgehead atoms. The summed E-state index contributed by atoms with van der Waals surface area (Å²) in [5, 5.41) is 3.44. The Hall–Kier alpha value is -2.94. The third kappa shape index (κ3) is 6.37. The summed E-state index contributed by atoms with van der Waals surface area (Å²) in [5.74, 6) is 1.81. The third-order valence-electron chi connectivity index (χ3n) is 4.23. The summed E-state index contributed by atoms with van der Waals surface area (Å²) in [7, 11) is 0. The molecule has 0 saturated heterocycles. The van der Waals surface area contributed by atoms with Gasteiger partial charge in [0.25, 0.3) is 0 Å². The minimum atomic E-state index is 0.687. The van der Waals surface area contributed by atoms with Crippen LogP contribution in [0.25, 0.3) is 0 Å². The van der Waals surface area contributed by atoms with Crippen LogP contribution < -0.4 is 14.8 Å². The highest BCUT2D eigenvalue weighted by atomic mass is 16.5. The van der Waals surface area contributed by atoms with Crippen molar-refractivity contribution in [3.05, 3.63) is 90.0 Å². The lowest BCUT2D eigenvalue weighted by Gasteiger charge is -2.10. The number of ether oxygens (including phenoxy) is 2. The van der Waals surface area contributed by atoms with Crippen LogP contribution in [0.1, 0.15) is 24.5 Å². The van der Waals surface area contributed by atoms with Crippen LogP contribution >= 0.6 is 0 Å². The molecule has 3 rings (SSSR count). The molecular weight excluding hydrogens is 334 g/mol. The molecule has 0 spiro atoms. The molecule has 3 heteroatoms. The molecule has 3 aromatic rings. The maximum atomic E-state index is 5.84. The van der Waals surface area contributed by atoms with E-state index in [-0.39, 0.29) is 0 Å². The summed E-state index contributed by atoms with van der Waals surface area (Å²) in [6.45, 7) is 4.31. The van der Waals surface area contributed by atoms with Gasteiger partial charge in [-0.15, -0.1) is 0 Å². The van der Waals surface area contributed by atoms with Gasteiger partial charge in [-0.3, -0.25) is 0 Å². The van der Waals surface area contributed by atoms with Crippen LogP contribution in [0.4, 0.5) is 5.69 Å². The van der Waals surface area contributed by atoms with Crippen molar-refractivity contribution in [2.24, 2.45) is 0 Å². The van der Waals surface area contributed by atoms with Gasteiger partial charge in [0.15, 0.2) is 0 Å². The lowest BCUT2D eigenvalue weighted by atomic mass is 10.2. The Kier molecular flexibility index (Phi) is 7.16. The zero-order valence-corrected chi connectivity index (χ0v) is 15.9. The van der Waals surface area contributed by atoms with Gasteiger partial charge in [0.1, 0.15) is 11.5 Å². The molecule has 0 fully saturated rings. The normalized spacial score (nSPS) is 10.4. The predicted molar refractivity (Wildman–Crippen MR) is 112 cm³/mol. The first-order chi connectivity index (χ1) is 13.3. The van der Waals surface area contributed by atoms with Gasteiger partial charge in [0, 0.05) is 24.7 Å². The molecule has 3 nitrogen and oxygen atoms in total. The molecule has 0 aliphatic carbocycles. The molecule has 1 N–H and O–H groups in total. The standard InChI is InChI=1S/C24H27NO2/c1-2-16-26-24-10-6-9-22(18-24)25-19-21-11-13-23(14-12-21)27-17-15-20-7-4-3-5-8-20/h3-14,18,25H,2,15-17,19H2,1H3. The number of hydrogen-bond donors (Lipinski definition) is 1. The van der Waals surface area contributed by atoms with E-state index in [4.69, 9.17) is 9.47 Å². The minimum Gasteiger partial charge on any atom is -0.494 e. The van der Waals surface area contributed by atoms with Gasteiger partial charge >= 0.3 is 0 Å². The average molecular weight is 361 g/mol. The zero-order valence-electron chi connectivity index (χ0n) is 15.9. The van der Waals surface area contributed by atoms with Gasteiger partial charge in [0.05, 0.1) is 13.2 Å². The summed E-state index contributed by atoms with van der Waals surface area (Å²) in [6.07, 6.45) is 1.93. The summed E-state index contributed by atoms with van der Waals surface area (Å²) < 4.78 is 11.5. The fraction of sp³-hybridized carbons (Fsp3) is 0.250. The van der Waals surface area contributed by atoms with Crippen molar-refractivity contribution >= 4 is 5.69 Å². The fourth-order valence-corrected chi connectivity index (χ4v) is 2.75. The molecule has 0 heterocycles. The van der Waals surface area contributed by atoms with Gasteiger partial charge in [-0.05, 0) is 41.8 Å². The zero-order chi connectivity index (χ0) is 18.7. The average Bonchev–Trinajstić information content (AvgIpc) is 2.73. The first-order valence-corrected chi connectivity index (χ1v) is 9.56. The predicted octanol–water partition coefficient (Wildman–Crippen LogP) is 5.71. The van der Waals surface area contributed by atoms with Crippen LogP contribution in [0.3, 0.4) is 0 Å². The second kappa shape index (κ2) is 10.3. The molecule has 3 aromatic carbocycles. The number of hydrogen-bond acceptors (Lipinski definition) is 3. The van der Waals surface area contributed by atoms with Crippen molar-refractivity contribution in [2.45, 2.75) is 26.3 Å². The van der Waals surface area contributed by atoms with E-state index >= 15 is 0 Å². The SMILES string of the molecule is CCCOc1cccc(NCc2ccc(OCCc3ccccc3)cc2)c1. The molecule has 0 radical (unpaired) electrons. The Morgan fingerprint density at radius 2 is 1.48 bits per heavy atom. The Balaban J connectivity index is 1.45. The topological polar surface area (TPSA) is 30.5 Å². The molecule has 0 aliphatic heterocycles. The highest BCUT2D eigenvalue weighted by Gasteiger charge is 1.99. The van der Waals surface area contributed by atoms with Crippen molar-refractivity contribution in [3.8, 4) is 11.5 Å². The summed E-state index contributed by atoms with van der Waals surface area (Å²) in [5.41, 5.74) is 3.57. The molecule has 27 heavy (non-hydrogen) atoms. The second-order valence-corrected chi connectivity index (χ2v) is 6.46. The van der Waals surface area contributed by atoms with E-state index in [2.05, 4.69) is 54.7 Å². The molecule has 0 aliphatic rings. The molecule has 0 atom stereocenters. The van der Waals surface area contributed by atoms with Crippen LogP contribution in [0.15, 0.2) is 78.9 Å². The molecule has 0 saturated carbocycles. The van der Waals surface area contributed by atoms with Crippen LogP contribution in [-0.2, 0) is 13.0 Å². The van der Waals surface area contributed by atoms with E-state index in [1.165, 1.54) is 11.1 Å². The highest BCUT2D eigenvalue weighted by Crippen LogP contribution is 2.19. The van der Waals surface area contributed by atoms with E-state index in [1.54, 1.807) is 0 Å². The molecule has 0 amide bonds. The first kappa shape index (κ1) is 18.8. The van der Waals surface area contributed by atoms with Gasteiger partial charge in [-0.2, -0.15) is 0 Å². The molecular formula is C24H27NO2. The quantitative estimate of drug-likeness (QED) is 0.502. The number of benzene rings is 3. The van der Waals surface area contributed by atoms with Crippen molar-refractivity contribution in [3.63, 3.8) is 0 Å². The van der Waals surface area contributed by atoms with Crippen molar-refractivity contribution in [2.75, 3.05) is 18.5 Å². The third-order valence-corrected chi connectivity index (χ3v) is 4.23. The first-order valence-electron chi connectivity index (χ1n) is 9.56. The lowest BCUT2D eigenvalue weighted by Crippen LogP contribution is -2.02. The number of rotatable bonds is 10. The monoisotopic (exact) mass is 361 g/mol. The minimum absolute atomic E-state index is 0.687. The van der Waals surface area contributed by atoms with Crippen LogP contribution in [-0.4, -0.2) is 13.2 Å². The Bertz CT molecular complexity index is 800. The molecule has 0 unspecified atom stereocenters. The molecule has 0 aromatic heterocycles. The fourth-order valence-electron chi connectivity index (χ4n) is 2.75. The summed E-state index contributed by atoms with van der Waals surface area (Å²) in [4.78, 5) is 0. The summed E-state index contributed by atoms with van der Waals surface area (Å²) in [6, 6.07) is 26.8. The maximum Gasteiger partial charge on any atom is 0.121 e. The van der Waals surface area contributed by atoms with Crippen LogP contribution in [0.2, 0.25) is 0 Å². The van der Waals surface area contributed by atoms with Crippen molar-refractivity contribution in [1.29, 1.82) is 0 Å². The van der Waals surface area contributed by atoms with E-state index in [0.29, 0.717) is 6.61 Å². The lowest BCUT2D eigenvalue weighted by molar-refractivity contribution is 0.317. The smallest absolute Gasteiger partial charge is 0.121 e. The van der Waals surface area contributed by atoms with Crippen LogP contribution in [0, 0.1) is 0 Å². The highest BCUT2D eigenvalue weighted by molar-refractivity contribution is 5.48. The molecule has 140 valence electrons. The Morgan fingerprint density at radius 3 is 2.26 bits per heavy atom. The number of anilines is 1. The van der Waals surface area contributed by atoms with Gasteiger partial charge in [-0.25, -0.2) is 0 Å². The Labute approximate surface area is 162 Å². The van der Waals surface area contributed by atoms with Gasteiger partial charge in [-0.1, -0.05) is 55.5 Å². The number of nitrogens with one attached hydrogen (secondary N) is 1. The van der Waals surface area contributed by atoms with E-state index in [9.17, 15) is 0 Å². The second-order valence-electron chi connectivity index (χ2n) is 6.46. The van der Waals surface area contributed by atoms with Crippen molar-refractivity contribution in [1.82, 2.24) is 0 Å². The Morgan fingerprint density at radius 1 is 0.704 bits per heavy atom. The van der Waals surface area contributed by atoms with E-state index in [1.807, 2.05) is 36.4 Å². The van der Waals surface area contributed by atoms with Gasteiger partial charge < -0.3 is 14.8 Å². The van der Waals surface area contributed by atoms with Gasteiger partial charge in [0.2, 0.25) is 0 Å². The summed E-state index contributed by atoms with van der Waals surface area (Å²) >= 11 is 0.